The largest absolute Gasteiger partial charge is 0.0845 e. The molecule has 0 spiro atoms. The fourth-order valence-corrected chi connectivity index (χ4v) is 2.58. The van der Waals surface area contributed by atoms with E-state index in [9.17, 15) is 0 Å². The fraction of sp³-hybridized carbons (Fsp3) is 0.417. The van der Waals surface area contributed by atoms with Gasteiger partial charge in [-0.1, -0.05) is 124 Å². The van der Waals surface area contributed by atoms with Crippen molar-refractivity contribution < 1.29 is 0 Å². The molecule has 0 heterocycles. The van der Waals surface area contributed by atoms with E-state index >= 15 is 0 Å². The summed E-state index contributed by atoms with van der Waals surface area (Å²) >= 11 is 0. The fourth-order valence-electron chi connectivity index (χ4n) is 2.58. The van der Waals surface area contributed by atoms with Crippen LogP contribution < -0.4 is 0 Å². The molecule has 0 fully saturated rings. The van der Waals surface area contributed by atoms with E-state index in [1.165, 1.54) is 64.2 Å². The van der Waals surface area contributed by atoms with Crippen LogP contribution in [0.5, 0.6) is 0 Å². The molecule has 0 heteroatoms. The van der Waals surface area contributed by atoms with Crippen molar-refractivity contribution in [1.82, 2.24) is 0 Å². The summed E-state index contributed by atoms with van der Waals surface area (Å²) in [5.41, 5.74) is 0. The van der Waals surface area contributed by atoms with Crippen LogP contribution in [0.15, 0.2) is 85.1 Å². The Balaban J connectivity index is 2.37. The minimum Gasteiger partial charge on any atom is -0.0845 e. The van der Waals surface area contributed by atoms with Crippen LogP contribution in [0.3, 0.4) is 0 Å². The first kappa shape index (κ1) is 20.2. The summed E-state index contributed by atoms with van der Waals surface area (Å²) in [7, 11) is 0. The van der Waals surface area contributed by atoms with E-state index in [1.807, 2.05) is 12.2 Å². The molecule has 0 aromatic carbocycles. The SMILES string of the molecule is C1=CCCCCCCCCCC\C=C/C=C/C=C/C=C/C=C\C=C\1. The van der Waals surface area contributed by atoms with E-state index in [1.54, 1.807) is 0 Å². The Morgan fingerprint density at radius 3 is 0.833 bits per heavy atom. The summed E-state index contributed by atoms with van der Waals surface area (Å²) < 4.78 is 0. The van der Waals surface area contributed by atoms with Crippen molar-refractivity contribution in [3.8, 4) is 0 Å². The lowest BCUT2D eigenvalue weighted by molar-refractivity contribution is 0.571. The predicted molar refractivity (Wildman–Crippen MR) is 110 cm³/mol. The maximum atomic E-state index is 2.28. The highest BCUT2D eigenvalue weighted by Gasteiger charge is 1.91. The van der Waals surface area contributed by atoms with Crippen LogP contribution in [-0.4, -0.2) is 0 Å². The van der Waals surface area contributed by atoms with Crippen molar-refractivity contribution in [3.05, 3.63) is 85.1 Å². The molecule has 1 rings (SSSR count). The smallest absolute Gasteiger partial charge is 0.0348 e. The summed E-state index contributed by atoms with van der Waals surface area (Å²) in [6, 6.07) is 0. The molecule has 0 atom stereocenters. The van der Waals surface area contributed by atoms with Crippen LogP contribution in [-0.2, 0) is 0 Å². The third kappa shape index (κ3) is 15.1. The molecule has 0 bridgehead atoms. The third-order valence-corrected chi connectivity index (χ3v) is 3.99. The van der Waals surface area contributed by atoms with Crippen molar-refractivity contribution in [2.75, 3.05) is 0 Å². The van der Waals surface area contributed by atoms with Gasteiger partial charge in [-0.15, -0.1) is 0 Å². The van der Waals surface area contributed by atoms with Crippen molar-refractivity contribution in [1.29, 1.82) is 0 Å². The maximum Gasteiger partial charge on any atom is -0.0348 e. The molecule has 0 unspecified atom stereocenters. The molecule has 130 valence electrons. The van der Waals surface area contributed by atoms with E-state index in [4.69, 9.17) is 0 Å². The summed E-state index contributed by atoms with van der Waals surface area (Å²) in [5.74, 6) is 0. The first-order valence-corrected chi connectivity index (χ1v) is 9.65. The second-order valence-electron chi connectivity index (χ2n) is 6.19. The third-order valence-electron chi connectivity index (χ3n) is 3.99. The molecule has 1 aliphatic carbocycles. The highest BCUT2D eigenvalue weighted by molar-refractivity contribution is 5.20. The van der Waals surface area contributed by atoms with Gasteiger partial charge in [0.15, 0.2) is 0 Å². The van der Waals surface area contributed by atoms with Crippen LogP contribution >= 0.6 is 0 Å². The van der Waals surface area contributed by atoms with Gasteiger partial charge in [-0.3, -0.25) is 0 Å². The molecule has 24 heavy (non-hydrogen) atoms. The average molecular weight is 323 g/mol. The lowest BCUT2D eigenvalue weighted by Crippen LogP contribution is -1.81. The molecule has 0 nitrogen and oxygen atoms in total. The van der Waals surface area contributed by atoms with Crippen molar-refractivity contribution in [3.63, 3.8) is 0 Å². The first-order chi connectivity index (χ1) is 12.0. The summed E-state index contributed by atoms with van der Waals surface area (Å²) in [4.78, 5) is 0. The monoisotopic (exact) mass is 322 g/mol. The zero-order valence-corrected chi connectivity index (χ0v) is 15.2. The first-order valence-electron chi connectivity index (χ1n) is 9.65. The topological polar surface area (TPSA) is 0 Å². The molecule has 0 saturated carbocycles. The molecule has 0 amide bonds. The summed E-state index contributed by atoms with van der Waals surface area (Å²) in [6.07, 6.45) is 43.0. The van der Waals surface area contributed by atoms with Gasteiger partial charge in [0, 0.05) is 0 Å². The van der Waals surface area contributed by atoms with Gasteiger partial charge in [-0.25, -0.2) is 0 Å². The van der Waals surface area contributed by atoms with Crippen LogP contribution in [0, 0.1) is 0 Å². The Kier molecular flexibility index (Phi) is 14.8. The highest BCUT2D eigenvalue weighted by atomic mass is 14.0. The second kappa shape index (κ2) is 17.5. The number of hydrogen-bond donors (Lipinski definition) is 0. The molecular formula is C24H34. The molecule has 1 aliphatic rings. The van der Waals surface area contributed by atoms with Crippen LogP contribution in [0.1, 0.15) is 64.2 Å². The normalized spacial score (nSPS) is 27.3. The quantitative estimate of drug-likeness (QED) is 0.427. The van der Waals surface area contributed by atoms with Crippen molar-refractivity contribution in [2.45, 2.75) is 64.2 Å². The Morgan fingerprint density at radius 2 is 0.500 bits per heavy atom. The second-order valence-corrected chi connectivity index (χ2v) is 6.19. The van der Waals surface area contributed by atoms with E-state index in [-0.39, 0.29) is 0 Å². The van der Waals surface area contributed by atoms with E-state index in [2.05, 4.69) is 72.9 Å². The molecule has 0 radical (unpaired) electrons. The van der Waals surface area contributed by atoms with Crippen molar-refractivity contribution >= 4 is 0 Å². The minimum absolute atomic E-state index is 1.21. The van der Waals surface area contributed by atoms with Crippen LogP contribution in [0.2, 0.25) is 0 Å². The van der Waals surface area contributed by atoms with Gasteiger partial charge >= 0.3 is 0 Å². The Labute approximate surface area is 149 Å². The van der Waals surface area contributed by atoms with Crippen LogP contribution in [0.25, 0.3) is 0 Å². The molecule has 0 N–H and O–H groups in total. The zero-order valence-electron chi connectivity index (χ0n) is 15.2. The van der Waals surface area contributed by atoms with Gasteiger partial charge in [0.05, 0.1) is 0 Å². The molecular weight excluding hydrogens is 288 g/mol. The molecule has 0 aliphatic heterocycles. The van der Waals surface area contributed by atoms with Gasteiger partial charge in [-0.2, -0.15) is 0 Å². The number of allylic oxidation sites excluding steroid dienone is 14. The van der Waals surface area contributed by atoms with Gasteiger partial charge in [0.25, 0.3) is 0 Å². The van der Waals surface area contributed by atoms with Crippen molar-refractivity contribution in [2.24, 2.45) is 0 Å². The lowest BCUT2D eigenvalue weighted by atomic mass is 10.1. The zero-order chi connectivity index (χ0) is 17.0. The number of rotatable bonds is 0. The van der Waals surface area contributed by atoms with E-state index in [0.717, 1.165) is 0 Å². The predicted octanol–water partition coefficient (Wildman–Crippen LogP) is 7.79. The Hall–Kier alpha value is -1.82. The molecule has 0 aromatic heterocycles. The average Bonchev–Trinajstić information content (AvgIpc) is 2.59. The van der Waals surface area contributed by atoms with E-state index < -0.39 is 0 Å². The minimum atomic E-state index is 1.21. The van der Waals surface area contributed by atoms with Gasteiger partial charge < -0.3 is 0 Å². The molecule has 0 aromatic rings. The van der Waals surface area contributed by atoms with Gasteiger partial charge in [0.1, 0.15) is 0 Å². The lowest BCUT2D eigenvalue weighted by Gasteiger charge is -2.00. The standard InChI is InChI=1S/C24H34/c1-2-4-6-8-10-12-14-16-18-20-22-24-23-21-19-17-15-13-11-9-7-5-3-1/h1-14H,15-24H2/b2-1+,5-3-,6-4+,9-7+,10-8+,13-11?,14-12-. The van der Waals surface area contributed by atoms with Gasteiger partial charge in [0.2, 0.25) is 0 Å². The Bertz CT molecular complexity index is 422. The maximum absolute atomic E-state index is 2.28. The highest BCUT2D eigenvalue weighted by Crippen LogP contribution is 2.11. The van der Waals surface area contributed by atoms with Gasteiger partial charge in [-0.05, 0) is 25.7 Å². The number of hydrogen-bond acceptors (Lipinski definition) is 0. The van der Waals surface area contributed by atoms with Crippen LogP contribution in [0.4, 0.5) is 0 Å². The Morgan fingerprint density at radius 1 is 0.250 bits per heavy atom. The summed E-state index contributed by atoms with van der Waals surface area (Å²) in [5, 5.41) is 0. The summed E-state index contributed by atoms with van der Waals surface area (Å²) in [6.45, 7) is 0. The van der Waals surface area contributed by atoms with E-state index in [0.29, 0.717) is 0 Å². The molecule has 0 saturated heterocycles.